The Morgan fingerprint density at radius 1 is 0.971 bits per heavy atom. The van der Waals surface area contributed by atoms with E-state index < -0.39 is 6.10 Å². The van der Waals surface area contributed by atoms with Gasteiger partial charge in [-0.05, 0) is 48.4 Å². The van der Waals surface area contributed by atoms with Crippen LogP contribution in [-0.2, 0) is 16.0 Å². The summed E-state index contributed by atoms with van der Waals surface area (Å²) in [6.45, 7) is 1.29. The lowest BCUT2D eigenvalue weighted by Gasteiger charge is -2.40. The van der Waals surface area contributed by atoms with Crippen molar-refractivity contribution in [1.29, 1.82) is 0 Å². The number of carbonyl (C=O) groups is 2. The van der Waals surface area contributed by atoms with E-state index in [1.807, 2.05) is 77.5 Å². The number of amides is 2. The number of hydrogen-bond donors (Lipinski definition) is 0. The predicted octanol–water partition coefficient (Wildman–Crippen LogP) is 4.39. The Bertz CT molecular complexity index is 1080. The zero-order valence-corrected chi connectivity index (χ0v) is 20.4. The Hall–Kier alpha value is -3.51. The number of pyridine rings is 1. The van der Waals surface area contributed by atoms with Gasteiger partial charge in [0.2, 0.25) is 0 Å². The number of piperidine rings is 1. The summed E-state index contributed by atoms with van der Waals surface area (Å²) in [4.78, 5) is 34.5. The van der Waals surface area contributed by atoms with Gasteiger partial charge >= 0.3 is 0 Å². The Balaban J connectivity index is 1.48. The highest BCUT2D eigenvalue weighted by atomic mass is 16.5. The van der Waals surface area contributed by atoms with Crippen LogP contribution in [0.25, 0.3) is 0 Å². The fourth-order valence-electron chi connectivity index (χ4n) is 4.97. The van der Waals surface area contributed by atoms with Crippen molar-refractivity contribution in [2.75, 3.05) is 27.2 Å². The maximum atomic E-state index is 13.3. The normalized spacial score (nSPS) is 15.9. The number of likely N-dealkylation sites (N-methyl/N-ethyl adjacent to an activating group) is 1. The van der Waals surface area contributed by atoms with Gasteiger partial charge in [-0.2, -0.15) is 0 Å². The van der Waals surface area contributed by atoms with Crippen molar-refractivity contribution in [3.05, 3.63) is 102 Å². The molecule has 1 aromatic heterocycles. The SMILES string of the molecule is CO[C@H](C(=O)N1CCC([C@@H](Cc2ccccc2)N(C)C(=O)c2ccccn2)CC1)c1ccccc1. The third-order valence-corrected chi connectivity index (χ3v) is 6.95. The minimum absolute atomic E-state index is 0.00493. The van der Waals surface area contributed by atoms with Gasteiger partial charge in [0.05, 0.1) is 0 Å². The molecule has 0 radical (unpaired) electrons. The van der Waals surface area contributed by atoms with Crippen molar-refractivity contribution in [1.82, 2.24) is 14.8 Å². The van der Waals surface area contributed by atoms with E-state index in [0.717, 1.165) is 24.8 Å². The van der Waals surface area contributed by atoms with Gasteiger partial charge in [0.15, 0.2) is 6.10 Å². The molecule has 1 fully saturated rings. The zero-order valence-electron chi connectivity index (χ0n) is 20.4. The average molecular weight is 472 g/mol. The number of benzene rings is 2. The summed E-state index contributed by atoms with van der Waals surface area (Å²) < 4.78 is 5.57. The first-order chi connectivity index (χ1) is 17.1. The largest absolute Gasteiger partial charge is 0.367 e. The van der Waals surface area contributed by atoms with Crippen LogP contribution in [0.5, 0.6) is 0 Å². The Kier molecular flexibility index (Phi) is 8.27. The lowest BCUT2D eigenvalue weighted by molar-refractivity contribution is -0.144. The standard InChI is InChI=1S/C29H33N3O3/c1-31(28(33)25-15-9-10-18-30-25)26(21-22-11-5-3-6-12-22)23-16-19-32(20-17-23)29(34)27(35-2)24-13-7-4-8-14-24/h3-15,18,23,26-27H,16-17,19-21H2,1-2H3/t26-,27+/m1/s1. The van der Waals surface area contributed by atoms with E-state index in [1.54, 1.807) is 19.4 Å². The van der Waals surface area contributed by atoms with Crippen LogP contribution in [0.15, 0.2) is 85.1 Å². The third-order valence-electron chi connectivity index (χ3n) is 6.95. The Morgan fingerprint density at radius 2 is 1.60 bits per heavy atom. The highest BCUT2D eigenvalue weighted by Gasteiger charge is 2.35. The first-order valence-corrected chi connectivity index (χ1v) is 12.2. The molecule has 0 aliphatic carbocycles. The summed E-state index contributed by atoms with van der Waals surface area (Å²) in [6.07, 6.45) is 3.47. The molecule has 1 saturated heterocycles. The van der Waals surface area contributed by atoms with Crippen LogP contribution < -0.4 is 0 Å². The number of likely N-dealkylation sites (tertiary alicyclic amines) is 1. The average Bonchev–Trinajstić information content (AvgIpc) is 2.93. The van der Waals surface area contributed by atoms with Crippen LogP contribution in [0.4, 0.5) is 0 Å². The molecule has 4 rings (SSSR count). The topological polar surface area (TPSA) is 62.7 Å². The maximum Gasteiger partial charge on any atom is 0.272 e. The van der Waals surface area contributed by atoms with Gasteiger partial charge in [0.1, 0.15) is 5.69 Å². The van der Waals surface area contributed by atoms with E-state index in [1.165, 1.54) is 5.56 Å². The van der Waals surface area contributed by atoms with Crippen molar-refractivity contribution in [3.63, 3.8) is 0 Å². The number of rotatable bonds is 8. The monoisotopic (exact) mass is 471 g/mol. The molecule has 6 nitrogen and oxygen atoms in total. The second-order valence-corrected chi connectivity index (χ2v) is 9.08. The van der Waals surface area contributed by atoms with Crippen molar-refractivity contribution in [2.24, 2.45) is 5.92 Å². The fraction of sp³-hybridized carbons (Fsp3) is 0.345. The summed E-state index contributed by atoms with van der Waals surface area (Å²) in [6, 6.07) is 25.3. The molecule has 1 aliphatic rings. The molecule has 0 N–H and O–H groups in total. The summed E-state index contributed by atoms with van der Waals surface area (Å²) in [5.41, 5.74) is 2.51. The van der Waals surface area contributed by atoms with Crippen molar-refractivity contribution in [2.45, 2.75) is 31.4 Å². The molecule has 2 amide bonds. The fourth-order valence-corrected chi connectivity index (χ4v) is 4.97. The summed E-state index contributed by atoms with van der Waals surface area (Å²) in [7, 11) is 3.45. The van der Waals surface area contributed by atoms with E-state index in [4.69, 9.17) is 4.74 Å². The van der Waals surface area contributed by atoms with E-state index in [-0.39, 0.29) is 23.8 Å². The lowest BCUT2D eigenvalue weighted by Crippen LogP contribution is -2.49. The quantitative estimate of drug-likeness (QED) is 0.489. The van der Waals surface area contributed by atoms with Gasteiger partial charge in [-0.15, -0.1) is 0 Å². The second-order valence-electron chi connectivity index (χ2n) is 9.08. The zero-order chi connectivity index (χ0) is 24.6. The number of hydrogen-bond acceptors (Lipinski definition) is 4. The summed E-state index contributed by atoms with van der Waals surface area (Å²) >= 11 is 0. The minimum atomic E-state index is -0.596. The van der Waals surface area contributed by atoms with Gasteiger partial charge < -0.3 is 14.5 Å². The molecule has 35 heavy (non-hydrogen) atoms. The van der Waals surface area contributed by atoms with Crippen LogP contribution >= 0.6 is 0 Å². The van der Waals surface area contributed by atoms with Crippen molar-refractivity contribution in [3.8, 4) is 0 Å². The molecule has 2 heterocycles. The minimum Gasteiger partial charge on any atom is -0.367 e. The predicted molar refractivity (Wildman–Crippen MR) is 136 cm³/mol. The summed E-state index contributed by atoms with van der Waals surface area (Å²) in [5.74, 6) is 0.192. The first-order valence-electron chi connectivity index (χ1n) is 12.2. The van der Waals surface area contributed by atoms with Crippen LogP contribution in [0.2, 0.25) is 0 Å². The van der Waals surface area contributed by atoms with Crippen LogP contribution in [0.1, 0.15) is 40.6 Å². The molecule has 2 aromatic carbocycles. The van der Waals surface area contributed by atoms with E-state index >= 15 is 0 Å². The lowest BCUT2D eigenvalue weighted by atomic mass is 9.84. The van der Waals surface area contributed by atoms with Crippen LogP contribution in [0, 0.1) is 5.92 Å². The third kappa shape index (κ3) is 5.95. The first kappa shape index (κ1) is 24.6. The van der Waals surface area contributed by atoms with Gasteiger partial charge in [0.25, 0.3) is 11.8 Å². The van der Waals surface area contributed by atoms with Crippen molar-refractivity contribution >= 4 is 11.8 Å². The number of aromatic nitrogens is 1. The Labute approximate surface area is 207 Å². The number of methoxy groups -OCH3 is 1. The molecule has 3 aromatic rings. The highest BCUT2D eigenvalue weighted by Crippen LogP contribution is 2.29. The van der Waals surface area contributed by atoms with Gasteiger partial charge in [0, 0.05) is 39.5 Å². The molecule has 1 aliphatic heterocycles. The Morgan fingerprint density at radius 3 is 2.20 bits per heavy atom. The van der Waals surface area contributed by atoms with Gasteiger partial charge in [-0.3, -0.25) is 14.6 Å². The molecule has 2 atom stereocenters. The molecule has 182 valence electrons. The van der Waals surface area contributed by atoms with Crippen LogP contribution in [0.3, 0.4) is 0 Å². The molecule has 0 unspecified atom stereocenters. The van der Waals surface area contributed by atoms with E-state index in [2.05, 4.69) is 17.1 Å². The second kappa shape index (κ2) is 11.8. The number of ether oxygens (including phenoxy) is 1. The molecule has 6 heteroatoms. The molecule has 0 spiro atoms. The number of carbonyl (C=O) groups excluding carboxylic acids is 2. The maximum absolute atomic E-state index is 13.3. The smallest absolute Gasteiger partial charge is 0.272 e. The van der Waals surface area contributed by atoms with Gasteiger partial charge in [-0.1, -0.05) is 66.7 Å². The molecular formula is C29H33N3O3. The highest BCUT2D eigenvalue weighted by molar-refractivity contribution is 5.92. The molecule has 0 bridgehead atoms. The summed E-state index contributed by atoms with van der Waals surface area (Å²) in [5, 5.41) is 0. The number of nitrogens with zero attached hydrogens (tertiary/aromatic N) is 3. The van der Waals surface area contributed by atoms with Crippen LogP contribution in [-0.4, -0.2) is 59.9 Å². The molecular weight excluding hydrogens is 438 g/mol. The van der Waals surface area contributed by atoms with Crippen molar-refractivity contribution < 1.29 is 14.3 Å². The van der Waals surface area contributed by atoms with E-state index in [9.17, 15) is 9.59 Å². The van der Waals surface area contributed by atoms with E-state index in [0.29, 0.717) is 18.8 Å². The van der Waals surface area contributed by atoms with Gasteiger partial charge in [-0.25, -0.2) is 0 Å². The molecule has 0 saturated carbocycles.